The lowest BCUT2D eigenvalue weighted by Gasteiger charge is -2.35. The molecule has 106 valence electrons. The topological polar surface area (TPSA) is 32.3 Å². The van der Waals surface area contributed by atoms with Crippen LogP contribution < -0.4 is 4.90 Å². The molecule has 0 radical (unpaired) electrons. The SMILES string of the molecule is CCN1CCN(c2ncnc3sc4c(c23)CCC4)CC1. The number of fused-ring (bicyclic) bond motifs is 3. The maximum Gasteiger partial charge on any atom is 0.141 e. The van der Waals surface area contributed by atoms with E-state index < -0.39 is 0 Å². The molecule has 0 aromatic carbocycles. The molecule has 5 heteroatoms. The van der Waals surface area contributed by atoms with Gasteiger partial charge in [0.25, 0.3) is 0 Å². The average Bonchev–Trinajstić information content (AvgIpc) is 3.07. The van der Waals surface area contributed by atoms with Crippen molar-refractivity contribution in [3.8, 4) is 0 Å². The molecule has 0 bridgehead atoms. The molecule has 20 heavy (non-hydrogen) atoms. The minimum Gasteiger partial charge on any atom is -0.353 e. The first-order valence-electron chi connectivity index (χ1n) is 7.59. The third-order valence-corrected chi connectivity index (χ3v) is 5.80. The molecule has 0 saturated carbocycles. The van der Waals surface area contributed by atoms with Crippen LogP contribution in [0.15, 0.2) is 6.33 Å². The van der Waals surface area contributed by atoms with Crippen LogP contribution in [0, 0.1) is 0 Å². The lowest BCUT2D eigenvalue weighted by molar-refractivity contribution is 0.271. The largest absolute Gasteiger partial charge is 0.353 e. The standard InChI is InChI=1S/C15H20N4S/c1-2-18-6-8-19(9-7-18)14-13-11-4-3-5-12(11)20-15(13)17-10-16-14/h10H,2-9H2,1H3. The summed E-state index contributed by atoms with van der Waals surface area (Å²) in [6.07, 6.45) is 5.49. The van der Waals surface area contributed by atoms with Gasteiger partial charge in [-0.05, 0) is 31.4 Å². The molecule has 0 unspecified atom stereocenters. The number of rotatable bonds is 2. The van der Waals surface area contributed by atoms with Gasteiger partial charge in [-0.3, -0.25) is 0 Å². The summed E-state index contributed by atoms with van der Waals surface area (Å²) in [6.45, 7) is 7.86. The van der Waals surface area contributed by atoms with E-state index >= 15 is 0 Å². The van der Waals surface area contributed by atoms with Crippen LogP contribution in [0.25, 0.3) is 10.2 Å². The van der Waals surface area contributed by atoms with Gasteiger partial charge in [-0.2, -0.15) is 0 Å². The Bertz CT molecular complexity index is 628. The van der Waals surface area contributed by atoms with Crippen LogP contribution >= 0.6 is 11.3 Å². The molecule has 1 aliphatic heterocycles. The predicted molar refractivity (Wildman–Crippen MR) is 83.8 cm³/mol. The van der Waals surface area contributed by atoms with E-state index in [1.54, 1.807) is 16.8 Å². The van der Waals surface area contributed by atoms with Gasteiger partial charge in [-0.15, -0.1) is 11.3 Å². The summed E-state index contributed by atoms with van der Waals surface area (Å²) < 4.78 is 0. The molecule has 0 atom stereocenters. The zero-order valence-electron chi connectivity index (χ0n) is 11.9. The highest BCUT2D eigenvalue weighted by molar-refractivity contribution is 7.19. The van der Waals surface area contributed by atoms with E-state index in [2.05, 4.69) is 26.7 Å². The minimum atomic E-state index is 1.09. The van der Waals surface area contributed by atoms with Crippen molar-refractivity contribution in [3.63, 3.8) is 0 Å². The summed E-state index contributed by atoms with van der Waals surface area (Å²) in [6, 6.07) is 0. The van der Waals surface area contributed by atoms with Crippen molar-refractivity contribution in [2.75, 3.05) is 37.6 Å². The molecule has 1 saturated heterocycles. The Morgan fingerprint density at radius 1 is 1.15 bits per heavy atom. The Kier molecular flexibility index (Phi) is 3.11. The van der Waals surface area contributed by atoms with Crippen LogP contribution in [0.4, 0.5) is 5.82 Å². The molecule has 0 N–H and O–H groups in total. The Morgan fingerprint density at radius 3 is 2.80 bits per heavy atom. The Hall–Kier alpha value is -1.20. The molecule has 4 nitrogen and oxygen atoms in total. The smallest absolute Gasteiger partial charge is 0.141 e. The van der Waals surface area contributed by atoms with Gasteiger partial charge in [0.1, 0.15) is 17.0 Å². The first-order chi connectivity index (χ1) is 9.86. The van der Waals surface area contributed by atoms with Crippen LogP contribution in [0.2, 0.25) is 0 Å². The van der Waals surface area contributed by atoms with E-state index in [0.29, 0.717) is 0 Å². The van der Waals surface area contributed by atoms with Crippen LogP contribution in [0.1, 0.15) is 23.8 Å². The number of anilines is 1. The van der Waals surface area contributed by atoms with Crippen molar-refractivity contribution < 1.29 is 0 Å². The van der Waals surface area contributed by atoms with E-state index in [9.17, 15) is 0 Å². The van der Waals surface area contributed by atoms with Gasteiger partial charge in [0, 0.05) is 31.1 Å². The van der Waals surface area contributed by atoms with Gasteiger partial charge < -0.3 is 9.80 Å². The maximum absolute atomic E-state index is 4.63. The first-order valence-corrected chi connectivity index (χ1v) is 8.41. The van der Waals surface area contributed by atoms with Crippen molar-refractivity contribution in [2.24, 2.45) is 0 Å². The molecule has 1 fully saturated rings. The fourth-order valence-electron chi connectivity index (χ4n) is 3.43. The predicted octanol–water partition coefficient (Wildman–Crippen LogP) is 2.32. The molecule has 0 amide bonds. The number of nitrogens with zero attached hydrogens (tertiary/aromatic N) is 4. The van der Waals surface area contributed by atoms with Gasteiger partial charge >= 0.3 is 0 Å². The van der Waals surface area contributed by atoms with Crippen molar-refractivity contribution in [1.29, 1.82) is 0 Å². The molecule has 2 aromatic rings. The Balaban J connectivity index is 1.73. The van der Waals surface area contributed by atoms with Crippen LogP contribution in [-0.4, -0.2) is 47.6 Å². The van der Waals surface area contributed by atoms with E-state index in [1.165, 1.54) is 35.3 Å². The van der Waals surface area contributed by atoms with Crippen LogP contribution in [-0.2, 0) is 12.8 Å². The quantitative estimate of drug-likeness (QED) is 0.849. The van der Waals surface area contributed by atoms with Crippen molar-refractivity contribution in [3.05, 3.63) is 16.8 Å². The summed E-state index contributed by atoms with van der Waals surface area (Å²) in [4.78, 5) is 16.8. The number of piperazine rings is 1. The van der Waals surface area contributed by atoms with Gasteiger partial charge in [-0.1, -0.05) is 6.92 Å². The number of aryl methyl sites for hydroxylation is 2. The van der Waals surface area contributed by atoms with E-state index in [1.807, 2.05) is 11.3 Å². The van der Waals surface area contributed by atoms with Crippen molar-refractivity contribution >= 4 is 27.4 Å². The van der Waals surface area contributed by atoms with E-state index in [4.69, 9.17) is 0 Å². The van der Waals surface area contributed by atoms with Gasteiger partial charge in [0.15, 0.2) is 0 Å². The average molecular weight is 288 g/mol. The zero-order chi connectivity index (χ0) is 13.5. The molecule has 2 aromatic heterocycles. The fourth-order valence-corrected chi connectivity index (χ4v) is 4.65. The Labute approximate surface area is 123 Å². The second kappa shape index (κ2) is 4.97. The molecule has 1 aliphatic carbocycles. The molecule has 3 heterocycles. The number of aromatic nitrogens is 2. The maximum atomic E-state index is 4.63. The van der Waals surface area contributed by atoms with E-state index in [0.717, 1.165) is 32.7 Å². The molecule has 4 rings (SSSR count). The van der Waals surface area contributed by atoms with Gasteiger partial charge in [-0.25, -0.2) is 9.97 Å². The fraction of sp³-hybridized carbons (Fsp3) is 0.600. The number of thiophene rings is 1. The normalized spacial score (nSPS) is 19.8. The minimum absolute atomic E-state index is 1.09. The highest BCUT2D eigenvalue weighted by atomic mass is 32.1. The van der Waals surface area contributed by atoms with E-state index in [-0.39, 0.29) is 0 Å². The summed E-state index contributed by atoms with van der Waals surface area (Å²) in [5.41, 5.74) is 1.54. The zero-order valence-corrected chi connectivity index (χ0v) is 12.7. The summed E-state index contributed by atoms with van der Waals surface area (Å²) >= 11 is 1.88. The third-order valence-electron chi connectivity index (χ3n) is 4.60. The van der Waals surface area contributed by atoms with Crippen molar-refractivity contribution in [2.45, 2.75) is 26.2 Å². The van der Waals surface area contributed by atoms with Gasteiger partial charge in [0.2, 0.25) is 0 Å². The van der Waals surface area contributed by atoms with Crippen LogP contribution in [0.3, 0.4) is 0 Å². The van der Waals surface area contributed by atoms with Crippen LogP contribution in [0.5, 0.6) is 0 Å². The highest BCUT2D eigenvalue weighted by Crippen LogP contribution is 2.40. The summed E-state index contributed by atoms with van der Waals surface area (Å²) in [5.74, 6) is 1.19. The lowest BCUT2D eigenvalue weighted by Crippen LogP contribution is -2.46. The van der Waals surface area contributed by atoms with Crippen molar-refractivity contribution in [1.82, 2.24) is 14.9 Å². The number of hydrogen-bond acceptors (Lipinski definition) is 5. The molecule has 2 aliphatic rings. The second-order valence-corrected chi connectivity index (χ2v) is 6.74. The van der Waals surface area contributed by atoms with Gasteiger partial charge in [0.05, 0.1) is 5.39 Å². The second-order valence-electron chi connectivity index (χ2n) is 5.66. The molecular weight excluding hydrogens is 268 g/mol. The summed E-state index contributed by atoms with van der Waals surface area (Å²) in [7, 11) is 0. The monoisotopic (exact) mass is 288 g/mol. The lowest BCUT2D eigenvalue weighted by atomic mass is 10.1. The molecule has 0 spiro atoms. The summed E-state index contributed by atoms with van der Waals surface area (Å²) in [5, 5.41) is 1.36. The first kappa shape index (κ1) is 12.5. The number of hydrogen-bond donors (Lipinski definition) is 0. The highest BCUT2D eigenvalue weighted by Gasteiger charge is 2.25. The number of likely N-dealkylation sites (N-methyl/N-ethyl adjacent to an activating group) is 1. The molecular formula is C15H20N4S. The Morgan fingerprint density at radius 2 is 2.00 bits per heavy atom. The third kappa shape index (κ3) is 1.91.